The van der Waals surface area contributed by atoms with Crippen LogP contribution in [-0.4, -0.2) is 11.0 Å². The summed E-state index contributed by atoms with van der Waals surface area (Å²) in [5.41, 5.74) is 3.32. The first-order valence-electron chi connectivity index (χ1n) is 9.21. The number of hydrogen-bond donors (Lipinski definition) is 0. The summed E-state index contributed by atoms with van der Waals surface area (Å²) in [7, 11) is 0. The average molecular weight is 400 g/mol. The molecule has 0 saturated carbocycles. The molecule has 4 aromatic rings. The number of thiazole rings is 1. The second-order valence-electron chi connectivity index (χ2n) is 6.52. The molecule has 0 fully saturated rings. The molecule has 0 spiro atoms. The molecule has 0 amide bonds. The van der Waals surface area contributed by atoms with Gasteiger partial charge >= 0.3 is 0 Å². The summed E-state index contributed by atoms with van der Waals surface area (Å²) in [5.74, 6) is -0.452. The minimum absolute atomic E-state index is 0.215. The zero-order valence-electron chi connectivity index (χ0n) is 15.6. The van der Waals surface area contributed by atoms with E-state index in [2.05, 4.69) is 4.98 Å². The van der Waals surface area contributed by atoms with E-state index in [9.17, 15) is 9.90 Å². The van der Waals surface area contributed by atoms with Crippen molar-refractivity contribution in [2.75, 3.05) is 0 Å². The van der Waals surface area contributed by atoms with Crippen LogP contribution < -0.4 is 9.84 Å². The number of hydrogen-bond acceptors (Lipinski definition) is 5. The Kier molecular flexibility index (Phi) is 5.68. The molecule has 0 N–H and O–H groups in total. The van der Waals surface area contributed by atoms with Crippen LogP contribution in [0.5, 0.6) is 5.75 Å². The molecule has 1 aromatic heterocycles. The lowest BCUT2D eigenvalue weighted by Crippen LogP contribution is -2.22. The lowest BCUT2D eigenvalue weighted by molar-refractivity contribution is -0.304. The van der Waals surface area contributed by atoms with E-state index in [0.29, 0.717) is 22.9 Å². The minimum Gasteiger partial charge on any atom is -0.550 e. The average Bonchev–Trinajstić information content (AvgIpc) is 3.17. The van der Waals surface area contributed by atoms with E-state index in [4.69, 9.17) is 4.74 Å². The summed E-state index contributed by atoms with van der Waals surface area (Å²) < 4.78 is 7.01. The lowest BCUT2D eigenvalue weighted by atomic mass is 10.1. The Balaban J connectivity index is 1.68. The molecule has 29 heavy (non-hydrogen) atoms. The van der Waals surface area contributed by atoms with Crippen molar-refractivity contribution in [3.63, 3.8) is 0 Å². The van der Waals surface area contributed by atoms with E-state index in [-0.39, 0.29) is 6.42 Å². The predicted octanol–water partition coefficient (Wildman–Crippen LogP) is 4.56. The van der Waals surface area contributed by atoms with Crippen molar-refractivity contribution in [1.82, 2.24) is 4.98 Å². The van der Waals surface area contributed by atoms with Crippen molar-refractivity contribution in [3.05, 3.63) is 95.0 Å². The van der Waals surface area contributed by atoms with Crippen LogP contribution in [0.25, 0.3) is 21.9 Å². The highest BCUT2D eigenvalue weighted by molar-refractivity contribution is 7.19. The van der Waals surface area contributed by atoms with E-state index in [0.717, 1.165) is 21.3 Å². The first-order valence-corrected chi connectivity index (χ1v) is 10.0. The van der Waals surface area contributed by atoms with Crippen molar-refractivity contribution < 1.29 is 14.6 Å². The smallest absolute Gasteiger partial charge is 0.127 e. The quantitative estimate of drug-likeness (QED) is 0.456. The van der Waals surface area contributed by atoms with Crippen molar-refractivity contribution in [3.8, 4) is 5.75 Å². The molecule has 3 aromatic carbocycles. The number of carboxylic acid groups (broad SMARTS) is 1. The third-order valence-electron chi connectivity index (χ3n) is 4.39. The third kappa shape index (κ3) is 4.70. The number of para-hydroxylation sites is 2. The lowest BCUT2D eigenvalue weighted by Gasteiger charge is -2.11. The molecule has 0 radical (unpaired) electrons. The molecule has 0 aliphatic rings. The molecular formula is C24H18NO3S-. The number of rotatable bonds is 7. The molecule has 4 nitrogen and oxygen atoms in total. The van der Waals surface area contributed by atoms with Crippen LogP contribution in [0.1, 0.15) is 22.6 Å². The van der Waals surface area contributed by atoms with Crippen LogP contribution in [0.3, 0.4) is 0 Å². The van der Waals surface area contributed by atoms with Crippen LogP contribution in [0.15, 0.2) is 78.9 Å². The van der Waals surface area contributed by atoms with Gasteiger partial charge in [-0.2, -0.15) is 0 Å². The fraction of sp³-hybridized carbons (Fsp3) is 0.0833. The Morgan fingerprint density at radius 1 is 0.966 bits per heavy atom. The second kappa shape index (κ2) is 8.71. The van der Waals surface area contributed by atoms with Crippen LogP contribution in [-0.2, 0) is 11.4 Å². The zero-order chi connectivity index (χ0) is 20.1. The van der Waals surface area contributed by atoms with Gasteiger partial charge in [-0.1, -0.05) is 60.7 Å². The number of nitrogens with zero attached hydrogens (tertiary/aromatic N) is 1. The molecule has 144 valence electrons. The largest absolute Gasteiger partial charge is 0.550 e. The fourth-order valence-electron chi connectivity index (χ4n) is 3.01. The second-order valence-corrected chi connectivity index (χ2v) is 7.55. The maximum Gasteiger partial charge on any atom is 0.127 e. The molecule has 5 heteroatoms. The maximum atomic E-state index is 11.4. The van der Waals surface area contributed by atoms with Gasteiger partial charge < -0.3 is 14.6 Å². The minimum atomic E-state index is -1.14. The molecule has 4 rings (SSSR count). The van der Waals surface area contributed by atoms with Crippen molar-refractivity contribution >= 4 is 39.2 Å². The molecular weight excluding hydrogens is 382 g/mol. The van der Waals surface area contributed by atoms with Gasteiger partial charge in [0.25, 0.3) is 0 Å². The van der Waals surface area contributed by atoms with E-state index >= 15 is 0 Å². The van der Waals surface area contributed by atoms with Gasteiger partial charge in [-0.3, -0.25) is 0 Å². The molecule has 0 aliphatic carbocycles. The van der Waals surface area contributed by atoms with E-state index in [1.807, 2.05) is 84.9 Å². The van der Waals surface area contributed by atoms with Gasteiger partial charge in [-0.15, -0.1) is 11.3 Å². The maximum absolute atomic E-state index is 11.4. The number of aliphatic carboxylic acids is 1. The number of carbonyl (C=O) groups is 1. The number of carboxylic acids is 1. The van der Waals surface area contributed by atoms with Gasteiger partial charge in [-0.25, -0.2) is 4.98 Å². The van der Waals surface area contributed by atoms with Crippen LogP contribution in [0.2, 0.25) is 0 Å². The van der Waals surface area contributed by atoms with Crippen LogP contribution >= 0.6 is 11.3 Å². The van der Waals surface area contributed by atoms with Crippen LogP contribution in [0, 0.1) is 0 Å². The first kappa shape index (κ1) is 18.9. The van der Waals surface area contributed by atoms with Gasteiger partial charge in [0.2, 0.25) is 0 Å². The van der Waals surface area contributed by atoms with Gasteiger partial charge in [0.05, 0.1) is 10.2 Å². The first-order chi connectivity index (χ1) is 14.2. The summed E-state index contributed by atoms with van der Waals surface area (Å²) in [6.07, 6.45) is 1.61. The van der Waals surface area contributed by atoms with Crippen molar-refractivity contribution in [1.29, 1.82) is 0 Å². The van der Waals surface area contributed by atoms with Gasteiger partial charge in [-0.05, 0) is 35.4 Å². The zero-order valence-corrected chi connectivity index (χ0v) is 16.4. The fourth-order valence-corrected chi connectivity index (χ4v) is 3.99. The Morgan fingerprint density at radius 2 is 1.69 bits per heavy atom. The SMILES string of the molecule is O=C([O-])C/C(=C\c1ccccc1OCc1ccccc1)c1nc2ccccc2s1. The summed E-state index contributed by atoms with van der Waals surface area (Å²) >= 11 is 1.47. The monoisotopic (exact) mass is 400 g/mol. The highest BCUT2D eigenvalue weighted by Gasteiger charge is 2.11. The summed E-state index contributed by atoms with van der Waals surface area (Å²) in [6, 6.07) is 25.2. The molecule has 0 unspecified atom stereocenters. The van der Waals surface area contributed by atoms with Crippen molar-refractivity contribution in [2.45, 2.75) is 13.0 Å². The van der Waals surface area contributed by atoms with E-state index in [1.54, 1.807) is 0 Å². The predicted molar refractivity (Wildman–Crippen MR) is 114 cm³/mol. The number of aromatic nitrogens is 1. The molecule has 1 heterocycles. The van der Waals surface area contributed by atoms with E-state index < -0.39 is 5.97 Å². The Morgan fingerprint density at radius 3 is 2.48 bits per heavy atom. The van der Waals surface area contributed by atoms with Crippen molar-refractivity contribution in [2.24, 2.45) is 0 Å². The molecule has 0 aliphatic heterocycles. The Labute approximate surface area is 172 Å². The molecule has 0 atom stereocenters. The third-order valence-corrected chi connectivity index (χ3v) is 5.50. The van der Waals surface area contributed by atoms with Gasteiger partial charge in [0.1, 0.15) is 17.4 Å². The summed E-state index contributed by atoms with van der Waals surface area (Å²) in [6.45, 7) is 0.433. The van der Waals surface area contributed by atoms with E-state index in [1.165, 1.54) is 11.3 Å². The Hall–Kier alpha value is -3.44. The van der Waals surface area contributed by atoms with Gasteiger partial charge in [0, 0.05) is 18.0 Å². The number of ether oxygens (including phenoxy) is 1. The molecule has 0 bridgehead atoms. The number of fused-ring (bicyclic) bond motifs is 1. The normalized spacial score (nSPS) is 11.5. The number of benzene rings is 3. The standard InChI is InChI=1S/C24H19NO3S/c26-23(27)15-19(24-25-20-11-5-7-13-22(20)29-24)14-18-10-4-6-12-21(18)28-16-17-8-2-1-3-9-17/h1-14H,15-16H2,(H,26,27)/p-1/b19-14+. The highest BCUT2D eigenvalue weighted by Crippen LogP contribution is 2.32. The summed E-state index contributed by atoms with van der Waals surface area (Å²) in [5, 5.41) is 12.1. The van der Waals surface area contributed by atoms with Gasteiger partial charge in [0.15, 0.2) is 0 Å². The van der Waals surface area contributed by atoms with Crippen LogP contribution in [0.4, 0.5) is 0 Å². The number of carbonyl (C=O) groups excluding carboxylic acids is 1. The summed E-state index contributed by atoms with van der Waals surface area (Å²) in [4.78, 5) is 16.0. The highest BCUT2D eigenvalue weighted by atomic mass is 32.1. The molecule has 0 saturated heterocycles. The Bertz CT molecular complexity index is 1130. The topological polar surface area (TPSA) is 62.2 Å².